The summed E-state index contributed by atoms with van der Waals surface area (Å²) in [7, 11) is 1.71. The molecule has 0 fully saturated rings. The fraction of sp³-hybridized carbons (Fsp3) is 0.222. The summed E-state index contributed by atoms with van der Waals surface area (Å²) in [5, 5.41) is 8.10. The number of rotatable bonds is 7. The second-order valence-electron chi connectivity index (χ2n) is 5.13. The van der Waals surface area contributed by atoms with Crippen molar-refractivity contribution in [3.05, 3.63) is 59.7 Å². The lowest BCUT2D eigenvalue weighted by Gasteiger charge is -2.12. The summed E-state index contributed by atoms with van der Waals surface area (Å²) < 4.78 is 0. The second-order valence-corrected chi connectivity index (χ2v) is 8.35. The Morgan fingerprint density at radius 3 is 2.20 bits per heavy atom. The molecule has 0 radical (unpaired) electrons. The predicted molar refractivity (Wildman–Crippen MR) is 114 cm³/mol. The highest BCUT2D eigenvalue weighted by Gasteiger charge is 2.09. The lowest BCUT2D eigenvalue weighted by Crippen LogP contribution is -2.06. The molecule has 0 aliphatic heterocycles. The third-order valence-electron chi connectivity index (χ3n) is 3.39. The Bertz CT molecular complexity index is 747. The maximum absolute atomic E-state index is 7.33. The molecule has 4 nitrogen and oxygen atoms in total. The van der Waals surface area contributed by atoms with Gasteiger partial charge in [0.15, 0.2) is 10.3 Å². The topological polar surface area (TPSA) is 88.2 Å². The van der Waals surface area contributed by atoms with Gasteiger partial charge in [0.25, 0.3) is 0 Å². The van der Waals surface area contributed by atoms with Crippen LogP contribution in [-0.2, 0) is 12.2 Å². The van der Waals surface area contributed by atoms with E-state index in [1.54, 1.807) is 30.6 Å². The fourth-order valence-corrected chi connectivity index (χ4v) is 4.56. The number of hydrogen-bond acceptors (Lipinski definition) is 5. The van der Waals surface area contributed by atoms with E-state index < -0.39 is 0 Å². The van der Waals surface area contributed by atoms with Gasteiger partial charge in [-0.2, -0.15) is 0 Å². The van der Waals surface area contributed by atoms with Crippen molar-refractivity contribution in [2.45, 2.75) is 22.0 Å². The Labute approximate surface area is 161 Å². The van der Waals surface area contributed by atoms with E-state index in [4.69, 9.17) is 16.9 Å². The highest BCUT2D eigenvalue weighted by molar-refractivity contribution is 8.13. The van der Waals surface area contributed by atoms with Gasteiger partial charge in [-0.05, 0) is 29.7 Å². The lowest BCUT2D eigenvalue weighted by molar-refractivity contribution is 1.10. The van der Waals surface area contributed by atoms with Crippen molar-refractivity contribution in [1.29, 1.82) is 5.41 Å². The summed E-state index contributed by atoms with van der Waals surface area (Å²) in [6.07, 6.45) is 0.889. The van der Waals surface area contributed by atoms with E-state index in [1.165, 1.54) is 32.7 Å². The minimum absolute atomic E-state index is 0.169. The van der Waals surface area contributed by atoms with E-state index in [9.17, 15) is 0 Å². The molecular weight excluding hydrogens is 368 g/mol. The first-order valence-corrected chi connectivity index (χ1v) is 10.5. The number of hydrogen-bond donors (Lipinski definition) is 3. The van der Waals surface area contributed by atoms with Gasteiger partial charge in [0, 0.05) is 28.3 Å². The molecule has 0 saturated carbocycles. The third-order valence-corrected chi connectivity index (χ3v) is 6.28. The summed E-state index contributed by atoms with van der Waals surface area (Å²) in [6, 6.07) is 16.8. The van der Waals surface area contributed by atoms with Crippen LogP contribution in [-0.4, -0.2) is 23.1 Å². The molecule has 0 spiro atoms. The standard InChI is InChI=1S/C18H22N4S3/c1-22-18(21)24-12-14-7-3-5-9-16(14)25-15-8-4-2-6-13(15)10-11-23-17(19)20/h2-9H,10-12H2,1H3,(H3,19,20)(H2,21,22). The molecule has 0 amide bonds. The maximum atomic E-state index is 7.33. The molecule has 0 bridgehead atoms. The zero-order chi connectivity index (χ0) is 18.1. The first-order valence-electron chi connectivity index (χ1n) is 7.75. The smallest absolute Gasteiger partial charge is 0.153 e. The Morgan fingerprint density at radius 1 is 0.960 bits per heavy atom. The number of aryl methyl sites for hydroxylation is 1. The normalized spacial score (nSPS) is 11.5. The van der Waals surface area contributed by atoms with Crippen molar-refractivity contribution in [3.63, 3.8) is 0 Å². The van der Waals surface area contributed by atoms with Gasteiger partial charge in [0.05, 0.1) is 0 Å². The monoisotopic (exact) mass is 390 g/mol. The van der Waals surface area contributed by atoms with Crippen molar-refractivity contribution in [3.8, 4) is 0 Å². The van der Waals surface area contributed by atoms with Gasteiger partial charge in [-0.1, -0.05) is 71.7 Å². The van der Waals surface area contributed by atoms with E-state index in [-0.39, 0.29) is 5.17 Å². The first-order chi connectivity index (χ1) is 12.1. The molecule has 0 atom stereocenters. The predicted octanol–water partition coefficient (Wildman–Crippen LogP) is 4.18. The number of nitrogens with zero attached hydrogens (tertiary/aromatic N) is 1. The van der Waals surface area contributed by atoms with Gasteiger partial charge in [0.1, 0.15) is 0 Å². The SMILES string of the molecule is CN=C(N)SCc1ccccc1Sc1ccccc1CCSC(=N)N. The van der Waals surface area contributed by atoms with Crippen LogP contribution < -0.4 is 11.5 Å². The fourth-order valence-electron chi connectivity index (χ4n) is 2.14. The van der Waals surface area contributed by atoms with Crippen molar-refractivity contribution in [1.82, 2.24) is 0 Å². The maximum Gasteiger partial charge on any atom is 0.153 e. The van der Waals surface area contributed by atoms with Crippen molar-refractivity contribution in [2.75, 3.05) is 12.8 Å². The molecule has 0 aliphatic carbocycles. The van der Waals surface area contributed by atoms with Gasteiger partial charge < -0.3 is 11.5 Å². The zero-order valence-electron chi connectivity index (χ0n) is 14.1. The van der Waals surface area contributed by atoms with Crippen LogP contribution in [0.5, 0.6) is 0 Å². The summed E-state index contributed by atoms with van der Waals surface area (Å²) in [5.41, 5.74) is 13.8. The van der Waals surface area contributed by atoms with E-state index >= 15 is 0 Å². The van der Waals surface area contributed by atoms with E-state index in [0.29, 0.717) is 5.17 Å². The molecule has 2 rings (SSSR count). The highest BCUT2D eigenvalue weighted by atomic mass is 32.2. The number of aliphatic imine (C=N–C) groups is 1. The van der Waals surface area contributed by atoms with Crippen LogP contribution in [0.2, 0.25) is 0 Å². The van der Waals surface area contributed by atoms with Gasteiger partial charge in [0.2, 0.25) is 0 Å². The molecule has 0 aromatic heterocycles. The first kappa shape index (κ1) is 19.8. The van der Waals surface area contributed by atoms with Crippen LogP contribution >= 0.6 is 35.3 Å². The Morgan fingerprint density at radius 2 is 1.56 bits per heavy atom. The molecule has 132 valence electrons. The van der Waals surface area contributed by atoms with Crippen molar-refractivity contribution < 1.29 is 0 Å². The minimum atomic E-state index is 0.169. The molecular formula is C18H22N4S3. The van der Waals surface area contributed by atoms with E-state index in [1.807, 2.05) is 0 Å². The van der Waals surface area contributed by atoms with Crippen LogP contribution in [0.3, 0.4) is 0 Å². The third kappa shape index (κ3) is 6.68. The number of nitrogens with two attached hydrogens (primary N) is 2. The molecule has 5 N–H and O–H groups in total. The van der Waals surface area contributed by atoms with Crippen LogP contribution in [0.4, 0.5) is 0 Å². The summed E-state index contributed by atoms with van der Waals surface area (Å²) in [5.74, 6) is 1.61. The molecule has 2 aromatic rings. The highest BCUT2D eigenvalue weighted by Crippen LogP contribution is 2.34. The van der Waals surface area contributed by atoms with Gasteiger partial charge in [-0.15, -0.1) is 0 Å². The number of amidine groups is 2. The molecule has 25 heavy (non-hydrogen) atoms. The molecule has 0 saturated heterocycles. The summed E-state index contributed by atoms with van der Waals surface area (Å²) in [4.78, 5) is 6.46. The Balaban J connectivity index is 2.13. The molecule has 0 heterocycles. The quantitative estimate of drug-likeness (QED) is 0.487. The second kappa shape index (κ2) is 10.4. The molecule has 7 heteroatoms. The molecule has 0 unspecified atom stereocenters. The summed E-state index contributed by atoms with van der Waals surface area (Å²) >= 11 is 4.70. The number of benzene rings is 2. The molecule has 0 aliphatic rings. The van der Waals surface area contributed by atoms with Gasteiger partial charge in [-0.25, -0.2) is 0 Å². The van der Waals surface area contributed by atoms with E-state index in [0.717, 1.165) is 17.9 Å². The van der Waals surface area contributed by atoms with Crippen LogP contribution in [0.15, 0.2) is 63.3 Å². The largest absolute Gasteiger partial charge is 0.379 e. The Hall–Kier alpha value is -1.57. The van der Waals surface area contributed by atoms with Crippen LogP contribution in [0, 0.1) is 5.41 Å². The lowest BCUT2D eigenvalue weighted by atomic mass is 10.2. The average Bonchev–Trinajstić information content (AvgIpc) is 2.61. The zero-order valence-corrected chi connectivity index (χ0v) is 16.5. The average molecular weight is 391 g/mol. The van der Waals surface area contributed by atoms with Crippen molar-refractivity contribution in [2.24, 2.45) is 16.5 Å². The van der Waals surface area contributed by atoms with Crippen molar-refractivity contribution >= 4 is 45.6 Å². The van der Waals surface area contributed by atoms with Gasteiger partial charge in [-0.3, -0.25) is 10.4 Å². The van der Waals surface area contributed by atoms with Crippen LogP contribution in [0.1, 0.15) is 11.1 Å². The minimum Gasteiger partial charge on any atom is -0.379 e. The molecule has 2 aromatic carbocycles. The summed E-state index contributed by atoms with van der Waals surface area (Å²) in [6.45, 7) is 0. The number of thioether (sulfide) groups is 2. The van der Waals surface area contributed by atoms with Crippen LogP contribution in [0.25, 0.3) is 0 Å². The van der Waals surface area contributed by atoms with E-state index in [2.05, 4.69) is 53.5 Å². The van der Waals surface area contributed by atoms with Gasteiger partial charge >= 0.3 is 0 Å². The number of nitrogens with one attached hydrogen (secondary N) is 1. The Kier molecular flexibility index (Phi) is 8.24.